The molecule has 90 valence electrons. The molecule has 0 radical (unpaired) electrons. The number of nitrogens with two attached hydrogens (primary N) is 1. The lowest BCUT2D eigenvalue weighted by molar-refractivity contribution is 0.157. The topological polar surface area (TPSA) is 35.2 Å². The summed E-state index contributed by atoms with van der Waals surface area (Å²) >= 11 is 0. The van der Waals surface area contributed by atoms with E-state index in [0.717, 1.165) is 18.9 Å². The molecule has 0 aromatic rings. The highest BCUT2D eigenvalue weighted by Crippen LogP contribution is 2.29. The summed E-state index contributed by atoms with van der Waals surface area (Å²) in [5.41, 5.74) is 5.77. The van der Waals surface area contributed by atoms with Crippen molar-refractivity contribution in [3.63, 3.8) is 0 Å². The van der Waals surface area contributed by atoms with E-state index in [9.17, 15) is 0 Å². The Hall–Kier alpha value is -0.0800. The van der Waals surface area contributed by atoms with Gasteiger partial charge in [-0.25, -0.2) is 0 Å². The van der Waals surface area contributed by atoms with E-state index in [0.29, 0.717) is 0 Å². The van der Waals surface area contributed by atoms with Crippen LogP contribution in [0.25, 0.3) is 0 Å². The zero-order valence-corrected chi connectivity index (χ0v) is 10.7. The molecule has 0 spiro atoms. The van der Waals surface area contributed by atoms with E-state index in [1.165, 1.54) is 19.3 Å². The Morgan fingerprint density at radius 1 is 1.29 bits per heavy atom. The van der Waals surface area contributed by atoms with Crippen LogP contribution in [0.1, 0.15) is 54.8 Å². The molecule has 0 aromatic heterocycles. The molecule has 0 saturated heterocycles. The fourth-order valence-electron chi connectivity index (χ4n) is 1.44. The van der Waals surface area contributed by atoms with Gasteiger partial charge in [0.15, 0.2) is 0 Å². The van der Waals surface area contributed by atoms with E-state index >= 15 is 0 Å². The van der Waals surface area contributed by atoms with Gasteiger partial charge in [0.05, 0.1) is 6.61 Å². The third-order valence-electron chi connectivity index (χ3n) is 2.24. The smallest absolute Gasteiger partial charge is 0.0613 e. The van der Waals surface area contributed by atoms with Crippen LogP contribution >= 0.6 is 0 Å². The molecule has 14 heavy (non-hydrogen) atoms. The Bertz CT molecular complexity index is 97.6. The van der Waals surface area contributed by atoms with Crippen molar-refractivity contribution in [1.29, 1.82) is 0 Å². The number of rotatable bonds is 4. The lowest BCUT2D eigenvalue weighted by Gasteiger charge is -2.27. The van der Waals surface area contributed by atoms with Gasteiger partial charge in [-0.3, -0.25) is 0 Å². The monoisotopic (exact) mass is 205 g/mol. The summed E-state index contributed by atoms with van der Waals surface area (Å²) in [4.78, 5) is 0. The second-order valence-electron chi connectivity index (χ2n) is 3.25. The summed E-state index contributed by atoms with van der Waals surface area (Å²) in [5.74, 6) is 0.908. The highest BCUT2D eigenvalue weighted by atomic mass is 16.5. The van der Waals surface area contributed by atoms with Crippen molar-refractivity contribution in [2.75, 3.05) is 13.7 Å². The summed E-state index contributed by atoms with van der Waals surface area (Å²) in [7, 11) is 1.71. The van der Waals surface area contributed by atoms with Crippen LogP contribution in [-0.2, 0) is 4.74 Å². The van der Waals surface area contributed by atoms with Gasteiger partial charge in [0.2, 0.25) is 0 Å². The summed E-state index contributed by atoms with van der Waals surface area (Å²) in [6.45, 7) is 8.72. The van der Waals surface area contributed by atoms with Crippen molar-refractivity contribution in [2.24, 2.45) is 11.7 Å². The van der Waals surface area contributed by atoms with Crippen molar-refractivity contribution in [3.8, 4) is 0 Å². The highest BCUT2D eigenvalue weighted by molar-refractivity contribution is 4.74. The van der Waals surface area contributed by atoms with Crippen molar-refractivity contribution in [2.45, 2.75) is 59.4 Å². The first-order chi connectivity index (χ1) is 6.83. The van der Waals surface area contributed by atoms with Crippen LogP contribution in [0.4, 0.5) is 0 Å². The van der Waals surface area contributed by atoms with Crippen LogP contribution in [0.5, 0.6) is 0 Å². The maximum absolute atomic E-state index is 5.77. The van der Waals surface area contributed by atoms with Crippen molar-refractivity contribution in [3.05, 3.63) is 0 Å². The Labute approximate surface area is 91.7 Å². The van der Waals surface area contributed by atoms with Gasteiger partial charge in [-0.15, -0.1) is 0 Å². The molecule has 2 heteroatoms. The van der Waals surface area contributed by atoms with E-state index in [2.05, 4.69) is 0 Å². The zero-order valence-electron chi connectivity index (χ0n) is 10.7. The molecule has 0 bridgehead atoms. The Morgan fingerprint density at radius 2 is 1.79 bits per heavy atom. The summed E-state index contributed by atoms with van der Waals surface area (Å²) < 4.78 is 4.95. The van der Waals surface area contributed by atoms with E-state index in [1.807, 2.05) is 27.7 Å². The minimum Gasteiger partial charge on any atom is -0.383 e. The van der Waals surface area contributed by atoms with E-state index in [1.54, 1.807) is 7.11 Å². The fourth-order valence-corrected chi connectivity index (χ4v) is 1.44. The Balaban J connectivity index is -0.000000258. The Kier molecular flexibility index (Phi) is 15.1. The molecule has 1 atom stereocenters. The van der Waals surface area contributed by atoms with Crippen LogP contribution in [0.2, 0.25) is 0 Å². The third kappa shape index (κ3) is 8.52. The van der Waals surface area contributed by atoms with Gasteiger partial charge in [-0.2, -0.15) is 0 Å². The van der Waals surface area contributed by atoms with Gasteiger partial charge in [0.25, 0.3) is 0 Å². The second-order valence-corrected chi connectivity index (χ2v) is 3.25. The molecule has 0 aliphatic heterocycles. The van der Waals surface area contributed by atoms with Crippen LogP contribution in [0.3, 0.4) is 0 Å². The predicted octanol–water partition coefficient (Wildman–Crippen LogP) is 3.45. The number of methoxy groups -OCH3 is 1. The van der Waals surface area contributed by atoms with Gasteiger partial charge in [0.1, 0.15) is 0 Å². The standard InChI is InChI=1S/C8H17NO.2C2H6.H2/c1-10-6-8(9)5-7-3-2-4-7;2*1-2;/h7-8H,2-6,9H2,1H3;2*1-2H3;1H/t8-;;;/m0.../s1. The molecule has 1 aliphatic carbocycles. The largest absolute Gasteiger partial charge is 0.383 e. The average Bonchev–Trinajstić information content (AvgIpc) is 2.19. The van der Waals surface area contributed by atoms with Crippen LogP contribution in [0, 0.1) is 5.92 Å². The van der Waals surface area contributed by atoms with Crippen LogP contribution < -0.4 is 5.73 Å². The molecule has 0 heterocycles. The maximum atomic E-state index is 5.77. The fraction of sp³-hybridized carbons (Fsp3) is 1.00. The number of ether oxygens (including phenoxy) is 1. The van der Waals surface area contributed by atoms with Gasteiger partial charge < -0.3 is 10.5 Å². The lowest BCUT2D eigenvalue weighted by Crippen LogP contribution is -2.30. The minimum absolute atomic E-state index is 0. The first kappa shape index (κ1) is 16.4. The summed E-state index contributed by atoms with van der Waals surface area (Å²) in [5, 5.41) is 0. The molecule has 1 saturated carbocycles. The van der Waals surface area contributed by atoms with Gasteiger partial charge >= 0.3 is 0 Å². The molecule has 0 amide bonds. The van der Waals surface area contributed by atoms with Gasteiger partial charge in [-0.05, 0) is 12.3 Å². The molecule has 1 fully saturated rings. The number of hydrogen-bond donors (Lipinski definition) is 1. The number of hydrogen-bond acceptors (Lipinski definition) is 2. The van der Waals surface area contributed by atoms with E-state index < -0.39 is 0 Å². The molecule has 0 aromatic carbocycles. The normalized spacial score (nSPS) is 16.7. The van der Waals surface area contributed by atoms with Crippen molar-refractivity contribution >= 4 is 0 Å². The quantitative estimate of drug-likeness (QED) is 0.763. The van der Waals surface area contributed by atoms with Crippen LogP contribution in [0.15, 0.2) is 0 Å². The molecular weight excluding hydrogens is 174 g/mol. The average molecular weight is 205 g/mol. The van der Waals surface area contributed by atoms with Gasteiger partial charge in [-0.1, -0.05) is 47.0 Å². The first-order valence-corrected chi connectivity index (χ1v) is 6.07. The van der Waals surface area contributed by atoms with Crippen LogP contribution in [-0.4, -0.2) is 19.8 Å². The molecule has 2 N–H and O–H groups in total. The zero-order chi connectivity index (χ0) is 11.4. The third-order valence-corrected chi connectivity index (χ3v) is 2.24. The summed E-state index contributed by atoms with van der Waals surface area (Å²) in [6.07, 6.45) is 5.34. The van der Waals surface area contributed by atoms with E-state index in [4.69, 9.17) is 10.5 Å². The van der Waals surface area contributed by atoms with Gasteiger partial charge in [0, 0.05) is 14.6 Å². The molecule has 1 aliphatic rings. The maximum Gasteiger partial charge on any atom is 0.0613 e. The molecule has 0 unspecified atom stereocenters. The Morgan fingerprint density at radius 3 is 2.07 bits per heavy atom. The van der Waals surface area contributed by atoms with E-state index in [-0.39, 0.29) is 7.47 Å². The SMILES string of the molecule is CC.CC.COC[C@@H](N)CC1CCC1.[HH]. The minimum atomic E-state index is 0. The molecule has 1 rings (SSSR count). The highest BCUT2D eigenvalue weighted by Gasteiger charge is 2.19. The first-order valence-electron chi connectivity index (χ1n) is 6.07. The molecular formula is C12H31NO. The lowest BCUT2D eigenvalue weighted by atomic mass is 9.81. The molecule has 2 nitrogen and oxygen atoms in total. The van der Waals surface area contributed by atoms with Crippen molar-refractivity contribution in [1.82, 2.24) is 0 Å². The van der Waals surface area contributed by atoms with Crippen molar-refractivity contribution < 1.29 is 6.16 Å². The summed E-state index contributed by atoms with van der Waals surface area (Å²) in [6, 6.07) is 0.273. The second kappa shape index (κ2) is 12.9. The predicted molar refractivity (Wildman–Crippen MR) is 66.6 cm³/mol.